The van der Waals surface area contributed by atoms with Gasteiger partial charge in [-0.2, -0.15) is 0 Å². The number of carbonyl (C=O) groups excluding carboxylic acids is 2. The molecule has 0 spiro atoms. The Morgan fingerprint density at radius 1 is 1.00 bits per heavy atom. The minimum Gasteiger partial charge on any atom is -0.497 e. The molecule has 3 unspecified atom stereocenters. The van der Waals surface area contributed by atoms with Crippen LogP contribution in [0.3, 0.4) is 0 Å². The Hall–Kier alpha value is -2.04. The molecule has 0 radical (unpaired) electrons. The topological polar surface area (TPSA) is 61.8 Å². The lowest BCUT2D eigenvalue weighted by Gasteiger charge is -2.41. The Labute approximate surface area is 117 Å². The van der Waals surface area contributed by atoms with Gasteiger partial charge < -0.3 is 14.2 Å². The van der Waals surface area contributed by atoms with E-state index in [0.717, 1.165) is 11.3 Å². The van der Waals surface area contributed by atoms with E-state index in [-0.39, 0.29) is 17.9 Å². The van der Waals surface area contributed by atoms with E-state index in [1.165, 1.54) is 14.2 Å². The van der Waals surface area contributed by atoms with Crippen LogP contribution >= 0.6 is 0 Å². The quantitative estimate of drug-likeness (QED) is 0.785. The second-order valence-electron chi connectivity index (χ2n) is 4.79. The second-order valence-corrected chi connectivity index (χ2v) is 4.79. The predicted octanol–water partition coefficient (Wildman–Crippen LogP) is 1.76. The fourth-order valence-electron chi connectivity index (χ4n) is 2.70. The van der Waals surface area contributed by atoms with Crippen LogP contribution in [0.1, 0.15) is 17.9 Å². The van der Waals surface area contributed by atoms with Crippen molar-refractivity contribution in [2.75, 3.05) is 21.3 Å². The van der Waals surface area contributed by atoms with Gasteiger partial charge in [0.1, 0.15) is 5.75 Å². The lowest BCUT2D eigenvalue weighted by atomic mass is 9.62. The van der Waals surface area contributed by atoms with Crippen molar-refractivity contribution < 1.29 is 23.8 Å². The maximum atomic E-state index is 11.9. The highest BCUT2D eigenvalue weighted by atomic mass is 16.5. The van der Waals surface area contributed by atoms with Gasteiger partial charge in [-0.15, -0.1) is 0 Å². The molecule has 5 heteroatoms. The number of ether oxygens (including phenoxy) is 3. The molecule has 5 nitrogen and oxygen atoms in total. The summed E-state index contributed by atoms with van der Waals surface area (Å²) in [6.45, 7) is 0. The van der Waals surface area contributed by atoms with E-state index >= 15 is 0 Å². The van der Waals surface area contributed by atoms with Gasteiger partial charge in [-0.3, -0.25) is 9.59 Å². The van der Waals surface area contributed by atoms with Crippen molar-refractivity contribution in [2.24, 2.45) is 11.8 Å². The zero-order chi connectivity index (χ0) is 14.7. The lowest BCUT2D eigenvalue weighted by molar-refractivity contribution is -0.166. The summed E-state index contributed by atoms with van der Waals surface area (Å²) in [7, 11) is 4.26. The number of hydrogen-bond acceptors (Lipinski definition) is 5. The minimum atomic E-state index is -0.471. The molecule has 1 aliphatic rings. The SMILES string of the molecule is COC(=O)C1CC(c2ccc(OC)cc2)C1C(=O)OC. The van der Waals surface area contributed by atoms with E-state index < -0.39 is 11.8 Å². The molecule has 20 heavy (non-hydrogen) atoms. The maximum absolute atomic E-state index is 11.9. The first-order valence-corrected chi connectivity index (χ1v) is 6.42. The zero-order valence-corrected chi connectivity index (χ0v) is 11.8. The summed E-state index contributed by atoms with van der Waals surface area (Å²) in [6.07, 6.45) is 0.596. The number of benzene rings is 1. The summed E-state index contributed by atoms with van der Waals surface area (Å²) in [5.41, 5.74) is 1.00. The first kappa shape index (κ1) is 14.4. The highest BCUT2D eigenvalue weighted by Crippen LogP contribution is 2.48. The van der Waals surface area contributed by atoms with E-state index in [2.05, 4.69) is 0 Å². The molecule has 0 aliphatic heterocycles. The molecule has 1 aliphatic carbocycles. The van der Waals surface area contributed by atoms with E-state index in [1.54, 1.807) is 7.11 Å². The number of methoxy groups -OCH3 is 3. The highest BCUT2D eigenvalue weighted by molar-refractivity contribution is 5.85. The van der Waals surface area contributed by atoms with Gasteiger partial charge in [-0.1, -0.05) is 12.1 Å². The summed E-state index contributed by atoms with van der Waals surface area (Å²) in [4.78, 5) is 23.5. The minimum absolute atomic E-state index is 0.0162. The van der Waals surface area contributed by atoms with Crippen molar-refractivity contribution in [3.05, 3.63) is 29.8 Å². The molecule has 1 aromatic rings. The van der Waals surface area contributed by atoms with Crippen molar-refractivity contribution in [1.29, 1.82) is 0 Å². The standard InChI is InChI=1S/C15H18O5/c1-18-10-6-4-9(5-7-10)11-8-12(14(16)19-2)13(11)15(17)20-3/h4-7,11-13H,8H2,1-3H3. The van der Waals surface area contributed by atoms with Gasteiger partial charge in [0.05, 0.1) is 33.2 Å². The van der Waals surface area contributed by atoms with Gasteiger partial charge in [0.2, 0.25) is 0 Å². The number of hydrogen-bond donors (Lipinski definition) is 0. The smallest absolute Gasteiger partial charge is 0.310 e. The van der Waals surface area contributed by atoms with E-state index in [9.17, 15) is 9.59 Å². The normalized spacial score (nSPS) is 24.4. The Bertz CT molecular complexity index is 493. The Balaban J connectivity index is 2.19. The van der Waals surface area contributed by atoms with Crippen LogP contribution in [0.25, 0.3) is 0 Å². The lowest BCUT2D eigenvalue weighted by Crippen LogP contribution is -2.45. The van der Waals surface area contributed by atoms with Gasteiger partial charge in [-0.25, -0.2) is 0 Å². The molecule has 1 saturated carbocycles. The monoisotopic (exact) mass is 278 g/mol. The fraction of sp³-hybridized carbons (Fsp3) is 0.467. The van der Waals surface area contributed by atoms with E-state index in [1.807, 2.05) is 24.3 Å². The molecule has 2 rings (SSSR count). The van der Waals surface area contributed by atoms with Crippen LogP contribution in [-0.2, 0) is 19.1 Å². The first-order valence-electron chi connectivity index (χ1n) is 6.42. The molecule has 0 N–H and O–H groups in total. The first-order chi connectivity index (χ1) is 9.62. The van der Waals surface area contributed by atoms with Crippen molar-refractivity contribution in [1.82, 2.24) is 0 Å². The largest absolute Gasteiger partial charge is 0.497 e. The summed E-state index contributed by atoms with van der Waals surface area (Å²) in [5, 5.41) is 0. The van der Waals surface area contributed by atoms with Gasteiger partial charge in [-0.05, 0) is 30.0 Å². The molecule has 1 fully saturated rings. The van der Waals surface area contributed by atoms with E-state index in [4.69, 9.17) is 14.2 Å². The summed E-state index contributed by atoms with van der Waals surface area (Å²) in [5.74, 6) is -0.873. The molecule has 1 aromatic carbocycles. The zero-order valence-electron chi connectivity index (χ0n) is 11.8. The van der Waals surface area contributed by atoms with Crippen LogP contribution in [0, 0.1) is 11.8 Å². The third-order valence-electron chi connectivity index (χ3n) is 3.90. The van der Waals surface area contributed by atoms with Crippen LogP contribution in [0.2, 0.25) is 0 Å². The van der Waals surface area contributed by atoms with Crippen molar-refractivity contribution in [2.45, 2.75) is 12.3 Å². The molecule has 0 heterocycles. The summed E-state index contributed by atoms with van der Waals surface area (Å²) >= 11 is 0. The third kappa shape index (κ3) is 2.48. The number of esters is 2. The molecular formula is C15H18O5. The predicted molar refractivity (Wildman–Crippen MR) is 71.4 cm³/mol. The summed E-state index contributed by atoms with van der Waals surface area (Å²) in [6, 6.07) is 7.50. The fourth-order valence-corrected chi connectivity index (χ4v) is 2.70. The Kier molecular flexibility index (Phi) is 4.27. The highest BCUT2D eigenvalue weighted by Gasteiger charge is 2.51. The van der Waals surface area contributed by atoms with Crippen LogP contribution in [0.4, 0.5) is 0 Å². The van der Waals surface area contributed by atoms with Crippen molar-refractivity contribution in [3.8, 4) is 5.75 Å². The molecular weight excluding hydrogens is 260 g/mol. The third-order valence-corrected chi connectivity index (χ3v) is 3.90. The maximum Gasteiger partial charge on any atom is 0.310 e. The van der Waals surface area contributed by atoms with Gasteiger partial charge >= 0.3 is 11.9 Å². The van der Waals surface area contributed by atoms with Crippen molar-refractivity contribution in [3.63, 3.8) is 0 Å². The number of rotatable bonds is 4. The van der Waals surface area contributed by atoms with Crippen LogP contribution in [-0.4, -0.2) is 33.3 Å². The van der Waals surface area contributed by atoms with Crippen LogP contribution < -0.4 is 4.74 Å². The summed E-state index contributed by atoms with van der Waals surface area (Å²) < 4.78 is 14.6. The Morgan fingerprint density at radius 2 is 1.60 bits per heavy atom. The van der Waals surface area contributed by atoms with Gasteiger partial charge in [0.15, 0.2) is 0 Å². The molecule has 0 amide bonds. The average molecular weight is 278 g/mol. The molecule has 0 aromatic heterocycles. The number of carbonyl (C=O) groups is 2. The second kappa shape index (κ2) is 5.94. The van der Waals surface area contributed by atoms with E-state index in [0.29, 0.717) is 6.42 Å². The van der Waals surface area contributed by atoms with Gasteiger partial charge in [0.25, 0.3) is 0 Å². The molecule has 0 saturated heterocycles. The molecule has 0 bridgehead atoms. The van der Waals surface area contributed by atoms with Crippen LogP contribution in [0.5, 0.6) is 5.75 Å². The molecule has 108 valence electrons. The van der Waals surface area contributed by atoms with Crippen molar-refractivity contribution >= 4 is 11.9 Å². The van der Waals surface area contributed by atoms with Crippen LogP contribution in [0.15, 0.2) is 24.3 Å². The average Bonchev–Trinajstić information content (AvgIpc) is 2.46. The Morgan fingerprint density at radius 3 is 2.10 bits per heavy atom. The molecule has 3 atom stereocenters. The van der Waals surface area contributed by atoms with Gasteiger partial charge in [0, 0.05) is 0 Å².